The summed E-state index contributed by atoms with van der Waals surface area (Å²) in [7, 11) is 0. The van der Waals surface area contributed by atoms with Crippen LogP contribution in [0.15, 0.2) is 18.2 Å². The standard InChI is InChI=1S/C15H20F2N2.2ClH/c16-13-4-3-12(10-14(13)17)15(9-11-1-2-11)19-7-5-18-6-8-19;;/h3-4,10-11,15,18H,1-2,5-9H2;2*1H/t15-;;/m0../s1. The Hall–Kier alpha value is -0.420. The average molecular weight is 339 g/mol. The number of hydrogen-bond donors (Lipinski definition) is 1. The lowest BCUT2D eigenvalue weighted by molar-refractivity contribution is 0.160. The van der Waals surface area contributed by atoms with Crippen molar-refractivity contribution in [2.24, 2.45) is 5.92 Å². The van der Waals surface area contributed by atoms with Crippen molar-refractivity contribution in [1.29, 1.82) is 0 Å². The van der Waals surface area contributed by atoms with Crippen LogP contribution in [0.4, 0.5) is 8.78 Å². The maximum atomic E-state index is 13.5. The summed E-state index contributed by atoms with van der Waals surface area (Å²) in [6.45, 7) is 3.92. The molecule has 0 bridgehead atoms. The fraction of sp³-hybridized carbons (Fsp3) is 0.600. The second-order valence-electron chi connectivity index (χ2n) is 5.65. The SMILES string of the molecule is Cl.Cl.Fc1ccc([C@H](CC2CC2)N2CCNCC2)cc1F. The van der Waals surface area contributed by atoms with Crippen LogP contribution in [0.5, 0.6) is 0 Å². The van der Waals surface area contributed by atoms with Crippen LogP contribution in [0.1, 0.15) is 30.9 Å². The molecule has 2 nitrogen and oxygen atoms in total. The van der Waals surface area contributed by atoms with Crippen LogP contribution in [0.2, 0.25) is 0 Å². The van der Waals surface area contributed by atoms with Crippen molar-refractivity contribution in [1.82, 2.24) is 10.2 Å². The zero-order chi connectivity index (χ0) is 13.2. The first kappa shape index (κ1) is 18.6. The molecular formula is C15H22Cl2F2N2. The normalized spacial score (nSPS) is 20.3. The second-order valence-corrected chi connectivity index (χ2v) is 5.65. The molecule has 1 aliphatic carbocycles. The quantitative estimate of drug-likeness (QED) is 0.902. The second kappa shape index (κ2) is 8.28. The van der Waals surface area contributed by atoms with Crippen LogP contribution < -0.4 is 5.32 Å². The summed E-state index contributed by atoms with van der Waals surface area (Å²) in [6, 6.07) is 4.62. The molecule has 1 atom stereocenters. The van der Waals surface area contributed by atoms with E-state index in [-0.39, 0.29) is 30.9 Å². The predicted molar refractivity (Wildman–Crippen MR) is 85.4 cm³/mol. The summed E-state index contributed by atoms with van der Waals surface area (Å²) in [6.07, 6.45) is 3.64. The van der Waals surface area contributed by atoms with Crippen LogP contribution in [-0.2, 0) is 0 Å². The van der Waals surface area contributed by atoms with E-state index in [2.05, 4.69) is 10.2 Å². The molecule has 3 rings (SSSR count). The molecule has 120 valence electrons. The van der Waals surface area contributed by atoms with Crippen LogP contribution in [0.3, 0.4) is 0 Å². The van der Waals surface area contributed by atoms with Gasteiger partial charge in [-0.25, -0.2) is 8.78 Å². The molecule has 2 aliphatic rings. The van der Waals surface area contributed by atoms with E-state index in [1.165, 1.54) is 25.0 Å². The van der Waals surface area contributed by atoms with Crippen LogP contribution >= 0.6 is 24.8 Å². The first-order valence-corrected chi connectivity index (χ1v) is 7.14. The third kappa shape index (κ3) is 4.78. The summed E-state index contributed by atoms with van der Waals surface area (Å²) in [5, 5.41) is 3.33. The van der Waals surface area contributed by atoms with Gasteiger partial charge in [0.2, 0.25) is 0 Å². The minimum Gasteiger partial charge on any atom is -0.314 e. The zero-order valence-electron chi connectivity index (χ0n) is 11.9. The first-order chi connectivity index (χ1) is 9.24. The van der Waals surface area contributed by atoms with E-state index in [9.17, 15) is 8.78 Å². The third-order valence-corrected chi connectivity index (χ3v) is 4.17. The van der Waals surface area contributed by atoms with E-state index in [0.717, 1.165) is 44.1 Å². The third-order valence-electron chi connectivity index (χ3n) is 4.17. The molecule has 0 unspecified atom stereocenters. The minimum absolute atomic E-state index is 0. The molecule has 1 heterocycles. The highest BCUT2D eigenvalue weighted by molar-refractivity contribution is 5.85. The highest BCUT2D eigenvalue weighted by Gasteiger charge is 2.30. The van der Waals surface area contributed by atoms with Gasteiger partial charge in [-0.3, -0.25) is 4.90 Å². The maximum Gasteiger partial charge on any atom is 0.159 e. The molecule has 1 saturated heterocycles. The van der Waals surface area contributed by atoms with Gasteiger partial charge in [0.25, 0.3) is 0 Å². The Kier molecular flexibility index (Phi) is 7.34. The van der Waals surface area contributed by atoms with Crippen molar-refractivity contribution in [2.45, 2.75) is 25.3 Å². The molecule has 1 aromatic carbocycles. The highest BCUT2D eigenvalue weighted by atomic mass is 35.5. The number of nitrogens with one attached hydrogen (secondary N) is 1. The van der Waals surface area contributed by atoms with E-state index in [1.54, 1.807) is 6.07 Å². The molecule has 1 aromatic rings. The van der Waals surface area contributed by atoms with E-state index >= 15 is 0 Å². The fourth-order valence-corrected chi connectivity index (χ4v) is 2.88. The van der Waals surface area contributed by atoms with Gasteiger partial charge >= 0.3 is 0 Å². The van der Waals surface area contributed by atoms with Gasteiger partial charge < -0.3 is 5.32 Å². The largest absolute Gasteiger partial charge is 0.314 e. The topological polar surface area (TPSA) is 15.3 Å². The highest BCUT2D eigenvalue weighted by Crippen LogP contribution is 2.40. The average Bonchev–Trinajstić information content (AvgIpc) is 3.24. The fourth-order valence-electron chi connectivity index (χ4n) is 2.88. The number of halogens is 4. The van der Waals surface area contributed by atoms with Crippen LogP contribution in [0, 0.1) is 17.6 Å². The van der Waals surface area contributed by atoms with Gasteiger partial charge in [-0.05, 0) is 30.0 Å². The van der Waals surface area contributed by atoms with Crippen molar-refractivity contribution < 1.29 is 8.78 Å². The summed E-state index contributed by atoms with van der Waals surface area (Å²) in [4.78, 5) is 2.40. The van der Waals surface area contributed by atoms with E-state index < -0.39 is 11.6 Å². The number of rotatable bonds is 4. The van der Waals surface area contributed by atoms with Gasteiger partial charge in [0, 0.05) is 32.2 Å². The summed E-state index contributed by atoms with van der Waals surface area (Å²) in [5.41, 5.74) is 0.924. The smallest absolute Gasteiger partial charge is 0.159 e. The Morgan fingerprint density at radius 1 is 1.10 bits per heavy atom. The number of benzene rings is 1. The van der Waals surface area contributed by atoms with Gasteiger partial charge in [-0.2, -0.15) is 0 Å². The molecule has 0 aromatic heterocycles. The molecule has 21 heavy (non-hydrogen) atoms. The summed E-state index contributed by atoms with van der Waals surface area (Å²) < 4.78 is 26.5. The Morgan fingerprint density at radius 3 is 2.33 bits per heavy atom. The summed E-state index contributed by atoms with van der Waals surface area (Å²) in [5.74, 6) is -0.712. The maximum absolute atomic E-state index is 13.5. The van der Waals surface area contributed by atoms with Gasteiger partial charge in [-0.1, -0.05) is 18.9 Å². The predicted octanol–water partition coefficient (Wildman–Crippen LogP) is 3.55. The van der Waals surface area contributed by atoms with Crippen molar-refractivity contribution in [3.63, 3.8) is 0 Å². The Morgan fingerprint density at radius 2 is 1.76 bits per heavy atom. The lowest BCUT2D eigenvalue weighted by atomic mass is 9.98. The molecule has 1 aliphatic heterocycles. The van der Waals surface area contributed by atoms with Crippen molar-refractivity contribution in [3.8, 4) is 0 Å². The Bertz CT molecular complexity index is 449. The minimum atomic E-state index is -0.755. The summed E-state index contributed by atoms with van der Waals surface area (Å²) >= 11 is 0. The molecule has 0 radical (unpaired) electrons. The first-order valence-electron chi connectivity index (χ1n) is 7.14. The molecule has 1 N–H and O–H groups in total. The van der Waals surface area contributed by atoms with Crippen LogP contribution in [0.25, 0.3) is 0 Å². The zero-order valence-corrected chi connectivity index (χ0v) is 13.5. The van der Waals surface area contributed by atoms with Gasteiger partial charge in [0.15, 0.2) is 11.6 Å². The van der Waals surface area contributed by atoms with E-state index in [0.29, 0.717) is 0 Å². The van der Waals surface area contributed by atoms with Crippen molar-refractivity contribution in [3.05, 3.63) is 35.4 Å². The lowest BCUT2D eigenvalue weighted by Crippen LogP contribution is -2.45. The lowest BCUT2D eigenvalue weighted by Gasteiger charge is -2.35. The van der Waals surface area contributed by atoms with E-state index in [1.807, 2.05) is 0 Å². The van der Waals surface area contributed by atoms with Crippen molar-refractivity contribution >= 4 is 24.8 Å². The van der Waals surface area contributed by atoms with Crippen LogP contribution in [-0.4, -0.2) is 31.1 Å². The molecule has 6 heteroatoms. The molecular weight excluding hydrogens is 317 g/mol. The van der Waals surface area contributed by atoms with Gasteiger partial charge in [-0.15, -0.1) is 24.8 Å². The number of piperazine rings is 1. The number of hydrogen-bond acceptors (Lipinski definition) is 2. The van der Waals surface area contributed by atoms with Gasteiger partial charge in [0.1, 0.15) is 0 Å². The number of nitrogens with zero attached hydrogens (tertiary/aromatic N) is 1. The van der Waals surface area contributed by atoms with E-state index in [4.69, 9.17) is 0 Å². The molecule has 2 fully saturated rings. The molecule has 0 amide bonds. The Labute approximate surface area is 137 Å². The molecule has 1 saturated carbocycles. The molecule has 0 spiro atoms. The Balaban J connectivity index is 0.00000110. The van der Waals surface area contributed by atoms with Gasteiger partial charge in [0.05, 0.1) is 0 Å². The van der Waals surface area contributed by atoms with Crippen molar-refractivity contribution in [2.75, 3.05) is 26.2 Å². The monoisotopic (exact) mass is 338 g/mol.